The van der Waals surface area contributed by atoms with Gasteiger partial charge in [-0.15, -0.1) is 0 Å². The van der Waals surface area contributed by atoms with Crippen LogP contribution in [0.5, 0.6) is 0 Å². The van der Waals surface area contributed by atoms with Gasteiger partial charge in [0.15, 0.2) is 6.29 Å². The summed E-state index contributed by atoms with van der Waals surface area (Å²) in [5.41, 5.74) is 0.969. The van der Waals surface area contributed by atoms with Gasteiger partial charge in [-0.2, -0.15) is 0 Å². The molecular formula is C10H11NO4. The molecule has 0 aliphatic rings. The molecule has 0 radical (unpaired) electrons. The normalized spacial score (nSPS) is 9.80. The minimum Gasteiger partial charge on any atom is -0.465 e. The third kappa shape index (κ3) is 1.81. The third-order valence-corrected chi connectivity index (χ3v) is 2.18. The topological polar surface area (TPSA) is 65.4 Å². The molecule has 0 aliphatic heterocycles. The van der Waals surface area contributed by atoms with E-state index in [0.29, 0.717) is 11.1 Å². The smallest absolute Gasteiger partial charge is 0.339 e. The van der Waals surface area contributed by atoms with E-state index in [0.717, 1.165) is 0 Å². The molecule has 0 atom stereocenters. The van der Waals surface area contributed by atoms with Crippen molar-refractivity contribution in [2.75, 3.05) is 7.11 Å². The predicted molar refractivity (Wildman–Crippen MR) is 51.9 cm³/mol. The molecule has 1 aromatic heterocycles. The molecule has 5 heteroatoms. The number of ether oxygens (including phenoxy) is 1. The van der Waals surface area contributed by atoms with Crippen molar-refractivity contribution in [1.29, 1.82) is 0 Å². The molecule has 0 amide bonds. The Hall–Kier alpha value is -1.91. The van der Waals surface area contributed by atoms with Crippen LogP contribution in [-0.4, -0.2) is 29.7 Å². The van der Waals surface area contributed by atoms with Gasteiger partial charge in [-0.3, -0.25) is 9.59 Å². The Bertz CT molecular complexity index is 431. The van der Waals surface area contributed by atoms with E-state index in [9.17, 15) is 14.4 Å². The molecule has 1 heterocycles. The fourth-order valence-electron chi connectivity index (χ4n) is 1.48. The SMILES string of the molecule is COC(=O)c1cn(C)c(C(=O)C=O)c1C. The number of carbonyl (C=O) groups excluding carboxylic acids is 3. The summed E-state index contributed by atoms with van der Waals surface area (Å²) in [6, 6.07) is 0. The Labute approximate surface area is 86.6 Å². The van der Waals surface area contributed by atoms with E-state index in [1.54, 1.807) is 14.0 Å². The molecular weight excluding hydrogens is 198 g/mol. The molecule has 0 unspecified atom stereocenters. The highest BCUT2D eigenvalue weighted by atomic mass is 16.5. The molecule has 1 aromatic rings. The summed E-state index contributed by atoms with van der Waals surface area (Å²) in [7, 11) is 2.85. The van der Waals surface area contributed by atoms with Crippen molar-refractivity contribution in [2.45, 2.75) is 6.92 Å². The molecule has 0 N–H and O–H groups in total. The average Bonchev–Trinajstić information content (AvgIpc) is 2.52. The van der Waals surface area contributed by atoms with Crippen LogP contribution >= 0.6 is 0 Å². The zero-order valence-corrected chi connectivity index (χ0v) is 8.73. The Balaban J connectivity index is 3.32. The Morgan fingerprint density at radius 2 is 2.07 bits per heavy atom. The Morgan fingerprint density at radius 1 is 1.47 bits per heavy atom. The van der Waals surface area contributed by atoms with E-state index in [-0.39, 0.29) is 12.0 Å². The largest absolute Gasteiger partial charge is 0.465 e. The highest BCUT2D eigenvalue weighted by Gasteiger charge is 2.20. The summed E-state index contributed by atoms with van der Waals surface area (Å²) in [5.74, 6) is -1.17. The number of ketones is 1. The van der Waals surface area contributed by atoms with Crippen molar-refractivity contribution in [1.82, 2.24) is 4.57 Å². The van der Waals surface area contributed by atoms with Crippen LogP contribution in [0, 0.1) is 6.92 Å². The lowest BCUT2D eigenvalue weighted by Crippen LogP contribution is -2.08. The zero-order valence-electron chi connectivity index (χ0n) is 8.73. The molecule has 0 aliphatic carbocycles. The van der Waals surface area contributed by atoms with Crippen LogP contribution in [0.3, 0.4) is 0 Å². The van der Waals surface area contributed by atoms with Gasteiger partial charge in [0.1, 0.15) is 0 Å². The summed E-state index contributed by atoms with van der Waals surface area (Å²) in [6.45, 7) is 1.60. The molecule has 0 spiro atoms. The first-order chi connectivity index (χ1) is 7.02. The van der Waals surface area contributed by atoms with E-state index in [4.69, 9.17) is 0 Å². The van der Waals surface area contributed by atoms with Crippen molar-refractivity contribution in [3.8, 4) is 0 Å². The lowest BCUT2D eigenvalue weighted by molar-refractivity contribution is -0.104. The van der Waals surface area contributed by atoms with Crippen LogP contribution in [0.4, 0.5) is 0 Å². The van der Waals surface area contributed by atoms with Gasteiger partial charge < -0.3 is 9.30 Å². The van der Waals surface area contributed by atoms with E-state index >= 15 is 0 Å². The molecule has 80 valence electrons. The molecule has 15 heavy (non-hydrogen) atoms. The third-order valence-electron chi connectivity index (χ3n) is 2.18. The number of carbonyl (C=O) groups is 3. The number of hydrogen-bond donors (Lipinski definition) is 0. The number of hydrogen-bond acceptors (Lipinski definition) is 4. The van der Waals surface area contributed by atoms with Crippen molar-refractivity contribution in [2.24, 2.45) is 7.05 Å². The second-order valence-corrected chi connectivity index (χ2v) is 3.10. The van der Waals surface area contributed by atoms with Crippen LogP contribution in [0.25, 0.3) is 0 Å². The van der Waals surface area contributed by atoms with E-state index in [1.165, 1.54) is 17.9 Å². The minimum absolute atomic E-state index is 0.213. The zero-order chi connectivity index (χ0) is 11.6. The van der Waals surface area contributed by atoms with Crippen molar-refractivity contribution < 1.29 is 19.1 Å². The van der Waals surface area contributed by atoms with E-state index in [1.807, 2.05) is 0 Å². The second kappa shape index (κ2) is 4.08. The van der Waals surface area contributed by atoms with Crippen LogP contribution in [0.15, 0.2) is 6.20 Å². The lowest BCUT2D eigenvalue weighted by Gasteiger charge is -1.98. The van der Waals surface area contributed by atoms with Gasteiger partial charge in [0.25, 0.3) is 0 Å². The van der Waals surface area contributed by atoms with Crippen LogP contribution in [0.2, 0.25) is 0 Å². The highest BCUT2D eigenvalue weighted by molar-refractivity contribution is 6.33. The van der Waals surface area contributed by atoms with Gasteiger partial charge in [0.05, 0.1) is 18.4 Å². The van der Waals surface area contributed by atoms with E-state index in [2.05, 4.69) is 4.74 Å². The van der Waals surface area contributed by atoms with Gasteiger partial charge in [0.2, 0.25) is 5.78 Å². The summed E-state index contributed by atoms with van der Waals surface area (Å²) in [6.07, 6.45) is 1.70. The first-order valence-corrected chi connectivity index (χ1v) is 4.26. The molecule has 0 saturated carbocycles. The number of rotatable bonds is 3. The molecule has 0 aromatic carbocycles. The number of esters is 1. The molecule has 5 nitrogen and oxygen atoms in total. The number of Topliss-reactive ketones (excluding diaryl/α,β-unsaturated/α-hetero) is 1. The van der Waals surface area contributed by atoms with Crippen LogP contribution < -0.4 is 0 Å². The minimum atomic E-state index is -0.648. The maximum Gasteiger partial charge on any atom is 0.339 e. The van der Waals surface area contributed by atoms with Gasteiger partial charge in [-0.25, -0.2) is 4.79 Å². The number of aryl methyl sites for hydroxylation is 1. The first kappa shape index (κ1) is 11.2. The number of aldehydes is 1. The molecule has 1 rings (SSSR count). The fourth-order valence-corrected chi connectivity index (χ4v) is 1.48. The van der Waals surface area contributed by atoms with Gasteiger partial charge in [0, 0.05) is 13.2 Å². The standard InChI is InChI=1S/C10H11NO4/c1-6-7(10(14)15-3)4-11(2)9(6)8(13)5-12/h4-5H,1-3H3. The van der Waals surface area contributed by atoms with Gasteiger partial charge in [-0.1, -0.05) is 0 Å². The highest BCUT2D eigenvalue weighted by Crippen LogP contribution is 2.16. The van der Waals surface area contributed by atoms with Crippen molar-refractivity contribution in [3.63, 3.8) is 0 Å². The number of aromatic nitrogens is 1. The maximum absolute atomic E-state index is 11.3. The second-order valence-electron chi connectivity index (χ2n) is 3.10. The summed E-state index contributed by atoms with van der Waals surface area (Å²) in [5, 5.41) is 0. The van der Waals surface area contributed by atoms with Gasteiger partial charge in [-0.05, 0) is 12.5 Å². The quantitative estimate of drug-likeness (QED) is 0.315. The Kier molecular flexibility index (Phi) is 3.04. The van der Waals surface area contributed by atoms with Crippen LogP contribution in [-0.2, 0) is 16.6 Å². The molecule has 0 saturated heterocycles. The van der Waals surface area contributed by atoms with E-state index < -0.39 is 11.8 Å². The van der Waals surface area contributed by atoms with Gasteiger partial charge >= 0.3 is 5.97 Å². The lowest BCUT2D eigenvalue weighted by atomic mass is 10.1. The number of methoxy groups -OCH3 is 1. The first-order valence-electron chi connectivity index (χ1n) is 4.26. The van der Waals surface area contributed by atoms with Crippen molar-refractivity contribution >= 4 is 18.0 Å². The Morgan fingerprint density at radius 3 is 2.53 bits per heavy atom. The fraction of sp³-hybridized carbons (Fsp3) is 0.300. The molecule has 0 fully saturated rings. The summed E-state index contributed by atoms with van der Waals surface area (Å²) < 4.78 is 5.99. The monoisotopic (exact) mass is 209 g/mol. The predicted octanol–water partition coefficient (Wildman–Crippen LogP) is 0.502. The van der Waals surface area contributed by atoms with Crippen LogP contribution in [0.1, 0.15) is 26.4 Å². The molecule has 0 bridgehead atoms. The number of nitrogens with zero attached hydrogens (tertiary/aromatic N) is 1. The average molecular weight is 209 g/mol. The maximum atomic E-state index is 11.3. The summed E-state index contributed by atoms with van der Waals surface area (Å²) >= 11 is 0. The summed E-state index contributed by atoms with van der Waals surface area (Å²) in [4.78, 5) is 32.9. The van der Waals surface area contributed by atoms with Crippen molar-refractivity contribution in [3.05, 3.63) is 23.0 Å².